The van der Waals surface area contributed by atoms with Gasteiger partial charge in [0.2, 0.25) is 5.91 Å². The third-order valence-electron chi connectivity index (χ3n) is 7.31. The number of nitrogens with one attached hydrogen (secondary N) is 2. The molecule has 2 N–H and O–H groups in total. The van der Waals surface area contributed by atoms with E-state index in [1.165, 1.54) is 5.69 Å². The molecule has 1 amide bonds. The summed E-state index contributed by atoms with van der Waals surface area (Å²) < 4.78 is 0.939. The molecule has 186 valence electrons. The zero-order chi connectivity index (χ0) is 24.5. The van der Waals surface area contributed by atoms with Crippen LogP contribution in [0.25, 0.3) is 22.6 Å². The van der Waals surface area contributed by atoms with Gasteiger partial charge in [0.05, 0.1) is 10.2 Å². The van der Waals surface area contributed by atoms with Crippen LogP contribution in [0.4, 0.5) is 11.4 Å². The summed E-state index contributed by atoms with van der Waals surface area (Å²) in [6.07, 6.45) is 4.08. The molecule has 1 aromatic carbocycles. The Hall–Kier alpha value is -2.65. The zero-order valence-corrected chi connectivity index (χ0v) is 22.3. The number of piperazine rings is 1. The van der Waals surface area contributed by atoms with Crippen molar-refractivity contribution < 1.29 is 4.79 Å². The number of hydrogen-bond acceptors (Lipinski definition) is 6. The van der Waals surface area contributed by atoms with Crippen LogP contribution in [-0.2, 0) is 4.79 Å². The highest BCUT2D eigenvalue weighted by molar-refractivity contribution is 9.10. The Bertz CT molecular complexity index is 1180. The van der Waals surface area contributed by atoms with Crippen LogP contribution in [0, 0.1) is 0 Å². The monoisotopic (exact) mass is 539 g/mol. The maximum atomic E-state index is 11.6. The Balaban J connectivity index is 1.31. The van der Waals surface area contributed by atoms with E-state index in [1.54, 1.807) is 6.92 Å². The smallest absolute Gasteiger partial charge is 0.219 e. The number of carbonyl (C=O) groups excluding carboxylic acids is 1. The minimum Gasteiger partial charge on any atom is -0.379 e. The number of benzene rings is 1. The summed E-state index contributed by atoms with van der Waals surface area (Å²) in [5, 5.41) is 3.75. The Morgan fingerprint density at radius 1 is 1.09 bits per heavy atom. The minimum absolute atomic E-state index is 0.153. The van der Waals surface area contributed by atoms with Gasteiger partial charge in [-0.1, -0.05) is 0 Å². The number of halogens is 1. The fourth-order valence-electron chi connectivity index (χ4n) is 5.08. The molecular formula is C26H34BrN7O. The van der Waals surface area contributed by atoms with Gasteiger partial charge in [0.1, 0.15) is 11.3 Å². The van der Waals surface area contributed by atoms with E-state index in [9.17, 15) is 4.79 Å². The Morgan fingerprint density at radius 2 is 1.77 bits per heavy atom. The van der Waals surface area contributed by atoms with Gasteiger partial charge in [0.15, 0.2) is 5.65 Å². The topological polar surface area (TPSA) is 80.4 Å². The number of nitrogens with zero attached hydrogens (tertiary/aromatic N) is 5. The number of carbonyl (C=O) groups is 1. The van der Waals surface area contributed by atoms with Gasteiger partial charge in [0, 0.05) is 75.7 Å². The number of rotatable bonds is 5. The molecule has 9 heteroatoms. The minimum atomic E-state index is 0.153. The zero-order valence-electron chi connectivity index (χ0n) is 20.7. The molecule has 5 rings (SSSR count). The lowest BCUT2D eigenvalue weighted by Gasteiger charge is -2.35. The van der Waals surface area contributed by atoms with Crippen molar-refractivity contribution in [1.29, 1.82) is 0 Å². The molecule has 0 unspecified atom stereocenters. The molecule has 0 aliphatic carbocycles. The van der Waals surface area contributed by atoms with Gasteiger partial charge >= 0.3 is 0 Å². The van der Waals surface area contributed by atoms with Crippen LogP contribution >= 0.6 is 15.9 Å². The Labute approximate surface area is 215 Å². The number of H-pyrrole nitrogens is 1. The lowest BCUT2D eigenvalue weighted by Crippen LogP contribution is -2.48. The molecule has 35 heavy (non-hydrogen) atoms. The molecule has 2 aliphatic heterocycles. The van der Waals surface area contributed by atoms with Gasteiger partial charge in [-0.25, -0.2) is 9.97 Å². The molecule has 4 heterocycles. The number of imidazole rings is 1. The van der Waals surface area contributed by atoms with E-state index in [1.807, 2.05) is 11.1 Å². The molecule has 2 fully saturated rings. The molecule has 3 aromatic rings. The number of fused-ring (bicyclic) bond motifs is 1. The van der Waals surface area contributed by atoms with Crippen LogP contribution in [0.1, 0.15) is 33.6 Å². The van der Waals surface area contributed by atoms with Crippen molar-refractivity contribution in [2.24, 2.45) is 0 Å². The second kappa shape index (κ2) is 10.1. The third kappa shape index (κ3) is 5.16. The highest BCUT2D eigenvalue weighted by atomic mass is 79.9. The predicted octanol–water partition coefficient (Wildman–Crippen LogP) is 4.34. The van der Waals surface area contributed by atoms with E-state index < -0.39 is 0 Å². The average Bonchev–Trinajstić information content (AvgIpc) is 3.31. The largest absolute Gasteiger partial charge is 0.379 e. The van der Waals surface area contributed by atoms with Gasteiger partial charge in [-0.2, -0.15) is 0 Å². The van der Waals surface area contributed by atoms with Crippen LogP contribution in [0.2, 0.25) is 0 Å². The quantitative estimate of drug-likeness (QED) is 0.502. The van der Waals surface area contributed by atoms with Gasteiger partial charge in [-0.05, 0) is 66.9 Å². The molecule has 2 aromatic heterocycles. The first-order valence-corrected chi connectivity index (χ1v) is 13.3. The average molecular weight is 541 g/mol. The maximum absolute atomic E-state index is 11.6. The van der Waals surface area contributed by atoms with Gasteiger partial charge < -0.3 is 25.0 Å². The summed E-state index contributed by atoms with van der Waals surface area (Å²) >= 11 is 3.69. The van der Waals surface area contributed by atoms with Crippen LogP contribution in [0.15, 0.2) is 34.9 Å². The summed E-state index contributed by atoms with van der Waals surface area (Å²) in [5.74, 6) is 0.969. The summed E-state index contributed by atoms with van der Waals surface area (Å²) in [6, 6.07) is 9.51. The molecule has 2 aliphatic rings. The molecule has 0 radical (unpaired) electrons. The van der Waals surface area contributed by atoms with Crippen molar-refractivity contribution in [2.45, 2.75) is 45.7 Å². The highest BCUT2D eigenvalue weighted by Crippen LogP contribution is 2.33. The van der Waals surface area contributed by atoms with Crippen LogP contribution in [0.5, 0.6) is 0 Å². The van der Waals surface area contributed by atoms with Gasteiger partial charge in [-0.3, -0.25) is 4.79 Å². The molecule has 2 saturated heterocycles. The van der Waals surface area contributed by atoms with E-state index in [2.05, 4.69) is 79.1 Å². The Kier molecular flexibility index (Phi) is 6.98. The lowest BCUT2D eigenvalue weighted by atomic mass is 10.0. The normalized spacial score (nSPS) is 18.0. The number of amides is 1. The van der Waals surface area contributed by atoms with Crippen molar-refractivity contribution in [2.75, 3.05) is 49.5 Å². The van der Waals surface area contributed by atoms with Crippen molar-refractivity contribution in [3.05, 3.63) is 34.9 Å². The number of piperidine rings is 1. The fourth-order valence-corrected chi connectivity index (χ4v) is 5.48. The molecule has 8 nitrogen and oxygen atoms in total. The van der Waals surface area contributed by atoms with Gasteiger partial charge in [0.25, 0.3) is 0 Å². The maximum Gasteiger partial charge on any atom is 0.219 e. The highest BCUT2D eigenvalue weighted by Gasteiger charge is 2.23. The fraction of sp³-hybridized carbons (Fsp3) is 0.500. The van der Waals surface area contributed by atoms with Crippen LogP contribution in [-0.4, -0.2) is 82.0 Å². The summed E-state index contributed by atoms with van der Waals surface area (Å²) in [7, 11) is 0. The second-order valence-electron chi connectivity index (χ2n) is 9.85. The number of anilines is 2. The first-order chi connectivity index (χ1) is 16.9. The molecule has 0 atom stereocenters. The van der Waals surface area contributed by atoms with Crippen molar-refractivity contribution >= 4 is 44.4 Å². The van der Waals surface area contributed by atoms with E-state index in [0.29, 0.717) is 12.1 Å². The molecule has 0 spiro atoms. The summed E-state index contributed by atoms with van der Waals surface area (Å²) in [4.78, 5) is 31.3. The van der Waals surface area contributed by atoms with Crippen LogP contribution < -0.4 is 10.2 Å². The number of aromatic nitrogens is 3. The van der Waals surface area contributed by atoms with E-state index in [-0.39, 0.29) is 5.91 Å². The first-order valence-electron chi connectivity index (χ1n) is 12.5. The van der Waals surface area contributed by atoms with E-state index in [4.69, 9.17) is 4.98 Å². The van der Waals surface area contributed by atoms with Crippen molar-refractivity contribution in [3.8, 4) is 11.4 Å². The molecule has 0 saturated carbocycles. The number of pyridine rings is 1. The molecule has 0 bridgehead atoms. The molecular weight excluding hydrogens is 506 g/mol. The van der Waals surface area contributed by atoms with Crippen molar-refractivity contribution in [1.82, 2.24) is 24.8 Å². The lowest BCUT2D eigenvalue weighted by molar-refractivity contribution is -0.129. The first kappa shape index (κ1) is 24.1. The summed E-state index contributed by atoms with van der Waals surface area (Å²) in [5.41, 5.74) is 4.87. The van der Waals surface area contributed by atoms with E-state index >= 15 is 0 Å². The standard InChI is InChI=1S/C26H34BrN7O/c1-17(2)32-10-8-20(9-11-32)29-23-22(27)16-28-26-24(23)30-25(31-26)19-4-6-21(7-5-19)34-14-12-33(13-15-34)18(3)35/h4-7,16-17,20H,8-15H2,1-3H3,(H2,28,29,30,31). The number of aromatic amines is 1. The van der Waals surface area contributed by atoms with Gasteiger partial charge in [-0.15, -0.1) is 0 Å². The second-order valence-corrected chi connectivity index (χ2v) is 10.7. The van der Waals surface area contributed by atoms with E-state index in [0.717, 1.165) is 84.8 Å². The van der Waals surface area contributed by atoms with Crippen LogP contribution in [0.3, 0.4) is 0 Å². The predicted molar refractivity (Wildman–Crippen MR) is 145 cm³/mol. The van der Waals surface area contributed by atoms with Crippen molar-refractivity contribution in [3.63, 3.8) is 0 Å². The number of hydrogen-bond donors (Lipinski definition) is 2. The number of likely N-dealkylation sites (tertiary alicyclic amines) is 1. The SMILES string of the molecule is CC(=O)N1CCN(c2ccc(-c3nc4c(NC5CCN(C(C)C)CC5)c(Br)cnc4[nH]3)cc2)CC1. The summed E-state index contributed by atoms with van der Waals surface area (Å²) in [6.45, 7) is 11.7. The Morgan fingerprint density at radius 3 is 2.40 bits per heavy atom. The third-order valence-corrected chi connectivity index (χ3v) is 7.91.